The van der Waals surface area contributed by atoms with Crippen LogP contribution in [0.5, 0.6) is 11.5 Å². The Morgan fingerprint density at radius 1 is 0.524 bits per heavy atom. The van der Waals surface area contributed by atoms with Crippen LogP contribution in [0.3, 0.4) is 0 Å². The van der Waals surface area contributed by atoms with Crippen molar-refractivity contribution in [1.82, 2.24) is 4.90 Å². The normalized spacial score (nSPS) is 15.5. The Morgan fingerprint density at radius 2 is 1.04 bits per heavy atom. The standard InChI is InChI=1S/C69H121NO12/c1-13-17-19-21-23-27-40-60(39-26-22-20-18-14-2)80-64(73)42-29-25-24-28-41-62(71)77-50-59(52-79-68(75)76-49-33-48-70(15-3)16-4)51-78-63(72)43-44-65(74)81-66-56(9)57(10)67-61(58(66)11)45-47-69(12,82-67)46-32-38-55(8)37-31-36-54(7)35-30-34-53(5)6/h53-55,59-60H,13-52H2,1-12H3/t54-,55-,59?,60?,69-/m1/s1. The van der Waals surface area contributed by atoms with Gasteiger partial charge in [0.15, 0.2) is 0 Å². The number of unbranched alkanes of at least 4 members (excludes halogenated alkanes) is 12. The van der Waals surface area contributed by atoms with Crippen molar-refractivity contribution in [2.24, 2.45) is 23.7 Å². The topological polar surface area (TPSA) is 153 Å². The third kappa shape index (κ3) is 33.6. The number of nitrogens with zero attached hydrogens (tertiary/aromatic N) is 1. The van der Waals surface area contributed by atoms with Crippen molar-refractivity contribution in [3.05, 3.63) is 22.3 Å². The maximum Gasteiger partial charge on any atom is 0.508 e. The van der Waals surface area contributed by atoms with Gasteiger partial charge in [0.05, 0.1) is 25.4 Å². The van der Waals surface area contributed by atoms with Gasteiger partial charge in [-0.2, -0.15) is 0 Å². The van der Waals surface area contributed by atoms with Gasteiger partial charge in [-0.3, -0.25) is 19.2 Å². The first kappa shape index (κ1) is 74.2. The van der Waals surface area contributed by atoms with Crippen LogP contribution in [0.4, 0.5) is 4.79 Å². The minimum atomic E-state index is -0.855. The second-order valence-corrected chi connectivity index (χ2v) is 25.2. The molecule has 0 N–H and O–H groups in total. The summed E-state index contributed by atoms with van der Waals surface area (Å²) >= 11 is 0. The molecule has 1 aromatic carbocycles. The molecule has 82 heavy (non-hydrogen) atoms. The predicted octanol–water partition coefficient (Wildman–Crippen LogP) is 17.8. The number of benzene rings is 1. The number of ether oxygens (including phenoxy) is 7. The van der Waals surface area contributed by atoms with Crippen LogP contribution < -0.4 is 9.47 Å². The third-order valence-corrected chi connectivity index (χ3v) is 17.0. The van der Waals surface area contributed by atoms with E-state index in [1.165, 1.54) is 103 Å². The van der Waals surface area contributed by atoms with Crippen molar-refractivity contribution in [2.45, 2.75) is 307 Å². The molecule has 474 valence electrons. The Kier molecular flexibility index (Phi) is 40.4. The Hall–Kier alpha value is -3.87. The summed E-state index contributed by atoms with van der Waals surface area (Å²) in [4.78, 5) is 67.0. The van der Waals surface area contributed by atoms with Crippen molar-refractivity contribution >= 4 is 30.0 Å². The summed E-state index contributed by atoms with van der Waals surface area (Å²) in [6.45, 7) is 28.4. The summed E-state index contributed by atoms with van der Waals surface area (Å²) in [6, 6.07) is 0. The number of fused-ring (bicyclic) bond motifs is 1. The lowest BCUT2D eigenvalue weighted by Gasteiger charge is -2.38. The molecule has 0 saturated heterocycles. The zero-order valence-corrected chi connectivity index (χ0v) is 54.5. The molecule has 0 bridgehead atoms. The highest BCUT2D eigenvalue weighted by Gasteiger charge is 2.35. The lowest BCUT2D eigenvalue weighted by atomic mass is 9.83. The second kappa shape index (κ2) is 44.6. The van der Waals surface area contributed by atoms with E-state index in [0.29, 0.717) is 37.4 Å². The molecule has 2 unspecified atom stereocenters. The first-order chi connectivity index (χ1) is 39.3. The fraction of sp³-hybridized carbons (Fsp3) is 0.841. The summed E-state index contributed by atoms with van der Waals surface area (Å²) in [6.07, 6.45) is 30.9. The van der Waals surface area contributed by atoms with Gasteiger partial charge >= 0.3 is 30.0 Å². The summed E-state index contributed by atoms with van der Waals surface area (Å²) < 4.78 is 40.7. The molecule has 1 aliphatic rings. The smallest absolute Gasteiger partial charge is 0.487 e. The van der Waals surface area contributed by atoms with E-state index in [1.807, 2.05) is 20.8 Å². The first-order valence-electron chi connectivity index (χ1n) is 33.4. The third-order valence-electron chi connectivity index (χ3n) is 17.0. The zero-order valence-electron chi connectivity index (χ0n) is 54.5. The van der Waals surface area contributed by atoms with Crippen LogP contribution in [0.25, 0.3) is 0 Å². The molecule has 1 aliphatic heterocycles. The Bertz CT molecular complexity index is 1910. The molecule has 1 heterocycles. The molecule has 0 amide bonds. The van der Waals surface area contributed by atoms with Crippen LogP contribution in [-0.2, 0) is 49.3 Å². The highest BCUT2D eigenvalue weighted by molar-refractivity contribution is 5.80. The molecule has 5 atom stereocenters. The van der Waals surface area contributed by atoms with Crippen LogP contribution in [0.15, 0.2) is 0 Å². The number of esters is 4. The zero-order chi connectivity index (χ0) is 60.5. The number of rotatable bonds is 49. The van der Waals surface area contributed by atoms with Gasteiger partial charge in [-0.25, -0.2) is 4.79 Å². The van der Waals surface area contributed by atoms with Crippen LogP contribution in [0.2, 0.25) is 0 Å². The average molecular weight is 1160 g/mol. The molecular formula is C69H121NO12. The fourth-order valence-electron chi connectivity index (χ4n) is 11.2. The number of hydrogen-bond donors (Lipinski definition) is 0. The summed E-state index contributed by atoms with van der Waals surface area (Å²) in [5.41, 5.74) is 3.49. The van der Waals surface area contributed by atoms with Gasteiger partial charge in [-0.05, 0) is 146 Å². The maximum absolute atomic E-state index is 13.3. The van der Waals surface area contributed by atoms with Gasteiger partial charge in [-0.15, -0.1) is 0 Å². The van der Waals surface area contributed by atoms with E-state index in [0.717, 1.165) is 124 Å². The minimum Gasteiger partial charge on any atom is -0.487 e. The molecule has 13 heteroatoms. The molecule has 0 spiro atoms. The van der Waals surface area contributed by atoms with Gasteiger partial charge in [0.2, 0.25) is 0 Å². The summed E-state index contributed by atoms with van der Waals surface area (Å²) in [5.74, 6) is 1.31. The highest BCUT2D eigenvalue weighted by atomic mass is 16.7. The van der Waals surface area contributed by atoms with Crippen molar-refractivity contribution < 1.29 is 57.1 Å². The Morgan fingerprint density at radius 3 is 1.62 bits per heavy atom. The molecule has 13 nitrogen and oxygen atoms in total. The predicted molar refractivity (Wildman–Crippen MR) is 332 cm³/mol. The quantitative estimate of drug-likeness (QED) is 0.0263. The van der Waals surface area contributed by atoms with Crippen molar-refractivity contribution in [3.63, 3.8) is 0 Å². The monoisotopic (exact) mass is 1160 g/mol. The number of hydrogen-bond acceptors (Lipinski definition) is 13. The van der Waals surface area contributed by atoms with Crippen LogP contribution in [0.1, 0.15) is 290 Å². The molecule has 0 aromatic heterocycles. The molecule has 1 aromatic rings. The van der Waals surface area contributed by atoms with Gasteiger partial charge < -0.3 is 38.1 Å². The van der Waals surface area contributed by atoms with E-state index >= 15 is 0 Å². The van der Waals surface area contributed by atoms with Crippen molar-refractivity contribution in [1.29, 1.82) is 0 Å². The van der Waals surface area contributed by atoms with Crippen LogP contribution >= 0.6 is 0 Å². The Balaban J connectivity index is 1.88. The average Bonchev–Trinajstić information content (AvgIpc) is 3.44. The number of carbonyl (C=O) groups is 5. The van der Waals surface area contributed by atoms with Gasteiger partial charge in [0, 0.05) is 24.9 Å². The summed E-state index contributed by atoms with van der Waals surface area (Å²) in [7, 11) is 0. The molecule has 2 rings (SSSR count). The van der Waals surface area contributed by atoms with Crippen molar-refractivity contribution in [3.8, 4) is 11.5 Å². The Labute approximate surface area is 500 Å². The summed E-state index contributed by atoms with van der Waals surface area (Å²) in [5, 5.41) is 0. The highest BCUT2D eigenvalue weighted by Crippen LogP contribution is 2.45. The SMILES string of the molecule is CCCCCCCCC(CCCCCCC)OC(=O)CCCCCCC(=O)OCC(COC(=O)CCC(=O)Oc1c(C)c(C)c2c(c1C)CC[C@@](C)(CCC[C@H](C)CCC[C@H](C)CCCC(C)C)O2)COC(=O)OCCCN(CC)CC. The molecular weight excluding hydrogens is 1030 g/mol. The van der Waals surface area contributed by atoms with E-state index < -0.39 is 30.0 Å². The largest absolute Gasteiger partial charge is 0.508 e. The molecule has 0 fully saturated rings. The minimum absolute atomic E-state index is 0.00447. The van der Waals surface area contributed by atoms with E-state index in [1.54, 1.807) is 0 Å². The number of carbonyl (C=O) groups excluding carboxylic acids is 5. The van der Waals surface area contributed by atoms with Gasteiger partial charge in [-0.1, -0.05) is 171 Å². The van der Waals surface area contributed by atoms with Gasteiger partial charge in [0.1, 0.15) is 43.0 Å². The van der Waals surface area contributed by atoms with E-state index in [-0.39, 0.29) is 63.4 Å². The lowest BCUT2D eigenvalue weighted by Crippen LogP contribution is -2.37. The molecule has 0 saturated carbocycles. The van der Waals surface area contributed by atoms with E-state index in [2.05, 4.69) is 67.2 Å². The van der Waals surface area contributed by atoms with Gasteiger partial charge in [0.25, 0.3) is 0 Å². The maximum atomic E-state index is 13.3. The van der Waals surface area contributed by atoms with Crippen LogP contribution in [0, 0.1) is 44.4 Å². The fourth-order valence-corrected chi connectivity index (χ4v) is 11.2. The van der Waals surface area contributed by atoms with E-state index in [4.69, 9.17) is 33.2 Å². The van der Waals surface area contributed by atoms with E-state index in [9.17, 15) is 24.0 Å². The second-order valence-electron chi connectivity index (χ2n) is 25.2. The van der Waals surface area contributed by atoms with Crippen LogP contribution in [-0.4, -0.2) is 92.7 Å². The van der Waals surface area contributed by atoms with Crippen molar-refractivity contribution in [2.75, 3.05) is 46.1 Å². The molecule has 0 aliphatic carbocycles. The first-order valence-corrected chi connectivity index (χ1v) is 33.4. The molecule has 0 radical (unpaired) electrons. The lowest BCUT2D eigenvalue weighted by molar-refractivity contribution is -0.152.